The molecule has 0 bridgehead atoms. The number of nitrogens with two attached hydrogens (primary N) is 1. The van der Waals surface area contributed by atoms with Gasteiger partial charge < -0.3 is 23.8 Å². The lowest BCUT2D eigenvalue weighted by Gasteiger charge is -2.16. The molecule has 0 aromatic heterocycles. The van der Waals surface area contributed by atoms with Gasteiger partial charge in [-0.2, -0.15) is 0 Å². The van der Waals surface area contributed by atoms with Gasteiger partial charge in [-0.05, 0) is 0 Å². The van der Waals surface area contributed by atoms with Crippen LogP contribution in [0.15, 0.2) is 0 Å². The fourth-order valence-electron chi connectivity index (χ4n) is 0.907. The van der Waals surface area contributed by atoms with E-state index in [4.69, 9.17) is 24.8 Å². The molecule has 1 unspecified atom stereocenters. The predicted molar refractivity (Wildman–Crippen MR) is 81.4 cm³/mol. The maximum Gasteiger partial charge on any atom is 0.106 e. The first kappa shape index (κ1) is 31.3. The Morgan fingerprint density at radius 2 is 1.32 bits per heavy atom. The minimum Gasteiger partial charge on any atom is -0.382 e. The minimum absolute atomic E-state index is 0. The zero-order valence-corrected chi connectivity index (χ0v) is 9.44. The fourth-order valence-corrected chi connectivity index (χ4v) is 0.907. The first-order valence-electron chi connectivity index (χ1n) is 4.84. The lowest BCUT2D eigenvalue weighted by molar-refractivity contribution is -0.0749. The standard InChI is InChI=1S/C9H21NO5.4CH4/c1-11-3-5-13-7-9(8-15-10)14-6-4-12-2;;;;/h9H,3-8,10H2,1-2H3;4*1H4. The van der Waals surface area contributed by atoms with Gasteiger partial charge in [0, 0.05) is 14.2 Å². The zero-order chi connectivity index (χ0) is 11.4. The normalized spacial score (nSPS) is 10.3. The molecule has 2 N–H and O–H groups in total. The molecular formula is C13H37NO5. The Morgan fingerprint density at radius 3 is 1.79 bits per heavy atom. The molecule has 0 rings (SSSR count). The Morgan fingerprint density at radius 1 is 0.789 bits per heavy atom. The maximum absolute atomic E-state index is 5.41. The summed E-state index contributed by atoms with van der Waals surface area (Å²) < 4.78 is 20.4. The van der Waals surface area contributed by atoms with Crippen molar-refractivity contribution in [3.05, 3.63) is 0 Å². The van der Waals surface area contributed by atoms with Crippen LogP contribution in [0.3, 0.4) is 0 Å². The summed E-state index contributed by atoms with van der Waals surface area (Å²) >= 11 is 0. The van der Waals surface area contributed by atoms with Crippen LogP contribution in [0.5, 0.6) is 0 Å². The van der Waals surface area contributed by atoms with Crippen molar-refractivity contribution in [3.63, 3.8) is 0 Å². The molecule has 0 saturated heterocycles. The number of methoxy groups -OCH3 is 2. The van der Waals surface area contributed by atoms with E-state index in [2.05, 4.69) is 4.84 Å². The molecule has 6 nitrogen and oxygen atoms in total. The minimum atomic E-state index is -0.165. The summed E-state index contributed by atoms with van der Waals surface area (Å²) in [6, 6.07) is 0. The fraction of sp³-hybridized carbons (Fsp3) is 1.00. The van der Waals surface area contributed by atoms with Gasteiger partial charge in [-0.15, -0.1) is 0 Å². The third-order valence-corrected chi connectivity index (χ3v) is 1.66. The second kappa shape index (κ2) is 26.3. The molecule has 0 aliphatic carbocycles. The van der Waals surface area contributed by atoms with Crippen molar-refractivity contribution in [1.82, 2.24) is 0 Å². The van der Waals surface area contributed by atoms with Crippen LogP contribution in [0.4, 0.5) is 0 Å². The van der Waals surface area contributed by atoms with Crippen LogP contribution in [-0.2, 0) is 23.8 Å². The van der Waals surface area contributed by atoms with Gasteiger partial charge in [0.05, 0.1) is 39.6 Å². The molecule has 6 heteroatoms. The number of rotatable bonds is 11. The Bertz CT molecular complexity index is 128. The lowest BCUT2D eigenvalue weighted by atomic mass is 10.4. The van der Waals surface area contributed by atoms with Crippen LogP contribution >= 0.6 is 0 Å². The Hall–Kier alpha value is -0.240. The van der Waals surface area contributed by atoms with Crippen LogP contribution in [0.2, 0.25) is 0 Å². The van der Waals surface area contributed by atoms with E-state index in [1.165, 1.54) is 0 Å². The van der Waals surface area contributed by atoms with Gasteiger partial charge in [0.2, 0.25) is 0 Å². The van der Waals surface area contributed by atoms with Crippen molar-refractivity contribution >= 4 is 0 Å². The largest absolute Gasteiger partial charge is 0.382 e. The van der Waals surface area contributed by atoms with Crippen LogP contribution in [0.1, 0.15) is 29.7 Å². The summed E-state index contributed by atoms with van der Waals surface area (Å²) in [5.74, 6) is 4.97. The molecule has 0 aliphatic rings. The van der Waals surface area contributed by atoms with Gasteiger partial charge in [0.25, 0.3) is 0 Å². The third kappa shape index (κ3) is 23.3. The van der Waals surface area contributed by atoms with Crippen LogP contribution in [0.25, 0.3) is 0 Å². The molecule has 1 atom stereocenters. The topological polar surface area (TPSA) is 72.2 Å². The van der Waals surface area contributed by atoms with Crippen molar-refractivity contribution in [2.75, 3.05) is 53.9 Å². The molecule has 0 aliphatic heterocycles. The summed E-state index contributed by atoms with van der Waals surface area (Å²) in [5.41, 5.74) is 0. The molecule has 0 aromatic rings. The van der Waals surface area contributed by atoms with E-state index in [1.54, 1.807) is 14.2 Å². The van der Waals surface area contributed by atoms with Crippen molar-refractivity contribution in [2.24, 2.45) is 5.90 Å². The Kier molecular flexibility index (Phi) is 43.3. The van der Waals surface area contributed by atoms with Gasteiger partial charge >= 0.3 is 0 Å². The summed E-state index contributed by atoms with van der Waals surface area (Å²) in [7, 11) is 3.24. The first-order chi connectivity index (χ1) is 7.35. The average Bonchev–Trinajstić information content (AvgIpc) is 2.24. The summed E-state index contributed by atoms with van der Waals surface area (Å²) in [6.07, 6.45) is -0.165. The van der Waals surface area contributed by atoms with Gasteiger partial charge in [-0.25, -0.2) is 5.90 Å². The van der Waals surface area contributed by atoms with Crippen molar-refractivity contribution in [3.8, 4) is 0 Å². The van der Waals surface area contributed by atoms with Crippen molar-refractivity contribution in [1.29, 1.82) is 0 Å². The van der Waals surface area contributed by atoms with E-state index in [0.717, 1.165) is 0 Å². The average molecular weight is 287 g/mol. The smallest absolute Gasteiger partial charge is 0.106 e. The molecule has 19 heavy (non-hydrogen) atoms. The highest BCUT2D eigenvalue weighted by molar-refractivity contribution is 4.54. The number of hydrogen-bond donors (Lipinski definition) is 1. The summed E-state index contributed by atoms with van der Waals surface area (Å²) in [6.45, 7) is 2.87. The van der Waals surface area contributed by atoms with Gasteiger partial charge in [-0.1, -0.05) is 29.7 Å². The first-order valence-corrected chi connectivity index (χ1v) is 4.84. The molecule has 0 aromatic carbocycles. The van der Waals surface area contributed by atoms with E-state index >= 15 is 0 Å². The summed E-state index contributed by atoms with van der Waals surface area (Å²) in [5, 5.41) is 0. The SMILES string of the molecule is C.C.C.C.COCCOCC(CON)OCCOC. The molecule has 0 fully saturated rings. The molecule has 0 spiro atoms. The number of ether oxygens (including phenoxy) is 4. The van der Waals surface area contributed by atoms with E-state index in [1.807, 2.05) is 0 Å². The zero-order valence-electron chi connectivity index (χ0n) is 9.44. The van der Waals surface area contributed by atoms with Gasteiger partial charge in [-0.3, -0.25) is 0 Å². The quantitative estimate of drug-likeness (QED) is 0.463. The lowest BCUT2D eigenvalue weighted by Crippen LogP contribution is -2.29. The van der Waals surface area contributed by atoms with Gasteiger partial charge in [0.1, 0.15) is 6.10 Å². The highest BCUT2D eigenvalue weighted by atomic mass is 16.6. The van der Waals surface area contributed by atoms with E-state index in [-0.39, 0.29) is 35.8 Å². The van der Waals surface area contributed by atoms with E-state index in [0.29, 0.717) is 39.6 Å². The Balaban J connectivity index is -0.000000163. The Labute approximate surface area is 120 Å². The van der Waals surface area contributed by atoms with Crippen LogP contribution in [-0.4, -0.2) is 60.0 Å². The highest BCUT2D eigenvalue weighted by Gasteiger charge is 2.09. The van der Waals surface area contributed by atoms with Crippen LogP contribution < -0.4 is 5.90 Å². The molecular weight excluding hydrogens is 250 g/mol. The maximum atomic E-state index is 5.41. The molecule has 0 amide bonds. The molecule has 0 radical (unpaired) electrons. The van der Waals surface area contributed by atoms with Crippen LogP contribution in [0, 0.1) is 0 Å². The predicted octanol–water partition coefficient (Wildman–Crippen LogP) is 2.12. The van der Waals surface area contributed by atoms with E-state index in [9.17, 15) is 0 Å². The monoisotopic (exact) mass is 287 g/mol. The second-order valence-corrected chi connectivity index (χ2v) is 2.89. The van der Waals surface area contributed by atoms with Gasteiger partial charge in [0.15, 0.2) is 0 Å². The number of hydrogen-bond acceptors (Lipinski definition) is 6. The van der Waals surface area contributed by atoms with E-state index < -0.39 is 0 Å². The van der Waals surface area contributed by atoms with Crippen molar-refractivity contribution < 1.29 is 23.8 Å². The third-order valence-electron chi connectivity index (χ3n) is 1.66. The molecule has 0 saturated carbocycles. The summed E-state index contributed by atoms with van der Waals surface area (Å²) in [4.78, 5) is 4.51. The molecule has 0 heterocycles. The second-order valence-electron chi connectivity index (χ2n) is 2.89. The van der Waals surface area contributed by atoms with Crippen molar-refractivity contribution in [2.45, 2.75) is 35.8 Å². The highest BCUT2D eigenvalue weighted by Crippen LogP contribution is 1.94. The molecule has 124 valence electrons.